The minimum atomic E-state index is -0.182. The third kappa shape index (κ3) is 6.98. The Hall–Kier alpha value is -1.05. The number of nitrogens with one attached hydrogen (secondary N) is 2. The van der Waals surface area contributed by atoms with E-state index in [9.17, 15) is 4.79 Å². The molecular formula is C13H25N3O. The van der Waals surface area contributed by atoms with Gasteiger partial charge >= 0.3 is 0 Å². The predicted molar refractivity (Wildman–Crippen MR) is 71.4 cm³/mol. The zero-order valence-electron chi connectivity index (χ0n) is 10.7. The highest BCUT2D eigenvalue weighted by Gasteiger charge is 2.21. The topological polar surface area (TPSA) is 67.1 Å². The van der Waals surface area contributed by atoms with Crippen LogP contribution in [0.5, 0.6) is 0 Å². The van der Waals surface area contributed by atoms with Gasteiger partial charge in [-0.2, -0.15) is 0 Å². The molecule has 4 heteroatoms. The van der Waals surface area contributed by atoms with Gasteiger partial charge in [-0.25, -0.2) is 0 Å². The number of primary amides is 1. The van der Waals surface area contributed by atoms with Gasteiger partial charge in [0.15, 0.2) is 0 Å². The van der Waals surface area contributed by atoms with E-state index < -0.39 is 0 Å². The smallest absolute Gasteiger partial charge is 0.223 e. The maximum Gasteiger partial charge on any atom is 0.223 e. The van der Waals surface area contributed by atoms with Gasteiger partial charge in [-0.3, -0.25) is 4.79 Å². The fraction of sp³-hybridized carbons (Fsp3) is 0.769. The summed E-state index contributed by atoms with van der Waals surface area (Å²) in [5.41, 5.74) is 4.92. The van der Waals surface area contributed by atoms with Gasteiger partial charge in [0.1, 0.15) is 0 Å². The first-order valence-electron chi connectivity index (χ1n) is 6.24. The van der Waals surface area contributed by atoms with Gasteiger partial charge in [0.2, 0.25) is 5.91 Å². The zero-order valence-corrected chi connectivity index (χ0v) is 10.7. The van der Waals surface area contributed by atoms with Crippen LogP contribution in [0.1, 0.15) is 32.1 Å². The molecule has 0 bridgehead atoms. The second-order valence-electron chi connectivity index (χ2n) is 4.38. The van der Waals surface area contributed by atoms with Crippen molar-refractivity contribution >= 4 is 5.91 Å². The molecule has 17 heavy (non-hydrogen) atoms. The van der Waals surface area contributed by atoms with Gasteiger partial charge in [0, 0.05) is 19.1 Å². The molecule has 0 aromatic rings. The SMILES string of the molecule is C#C.CNC1CCCCC1.NC(=O)C1CNC1. The van der Waals surface area contributed by atoms with E-state index in [1.54, 1.807) is 0 Å². The Balaban J connectivity index is 0.000000265. The number of amides is 1. The molecule has 2 rings (SSSR count). The van der Waals surface area contributed by atoms with Crippen LogP contribution in [0.15, 0.2) is 0 Å². The van der Waals surface area contributed by atoms with Crippen LogP contribution in [0.25, 0.3) is 0 Å². The molecule has 1 heterocycles. The van der Waals surface area contributed by atoms with Gasteiger partial charge in [-0.05, 0) is 19.9 Å². The lowest BCUT2D eigenvalue weighted by molar-refractivity contribution is -0.123. The molecule has 0 aromatic carbocycles. The second kappa shape index (κ2) is 10.1. The van der Waals surface area contributed by atoms with Gasteiger partial charge in [-0.1, -0.05) is 19.3 Å². The van der Waals surface area contributed by atoms with Crippen LogP contribution in [0, 0.1) is 18.8 Å². The summed E-state index contributed by atoms with van der Waals surface area (Å²) >= 11 is 0. The molecule has 0 aromatic heterocycles. The quantitative estimate of drug-likeness (QED) is 0.614. The Morgan fingerprint density at radius 3 is 1.94 bits per heavy atom. The Labute approximate surface area is 105 Å². The van der Waals surface area contributed by atoms with E-state index >= 15 is 0 Å². The van der Waals surface area contributed by atoms with E-state index in [-0.39, 0.29) is 11.8 Å². The molecule has 2 aliphatic rings. The van der Waals surface area contributed by atoms with Crippen LogP contribution < -0.4 is 16.4 Å². The Bertz CT molecular complexity index is 218. The minimum absolute atomic E-state index is 0.111. The fourth-order valence-corrected chi connectivity index (χ4v) is 1.88. The first-order chi connectivity index (χ1) is 8.24. The van der Waals surface area contributed by atoms with Crippen molar-refractivity contribution in [2.45, 2.75) is 38.1 Å². The largest absolute Gasteiger partial charge is 0.369 e. The summed E-state index contributed by atoms with van der Waals surface area (Å²) in [7, 11) is 2.07. The first-order valence-corrected chi connectivity index (χ1v) is 6.24. The maximum atomic E-state index is 10.2. The monoisotopic (exact) mass is 239 g/mol. The number of hydrogen-bond donors (Lipinski definition) is 3. The standard InChI is InChI=1S/C7H15N.C4H8N2O.C2H2/c1-8-7-5-3-2-4-6-7;5-4(7)3-1-6-2-3;1-2/h7-8H,2-6H2,1H3;3,6H,1-2H2,(H2,5,7);1-2H. The van der Waals surface area contributed by atoms with Crippen LogP contribution in [-0.4, -0.2) is 32.1 Å². The van der Waals surface area contributed by atoms with E-state index in [0.717, 1.165) is 19.1 Å². The van der Waals surface area contributed by atoms with Crippen LogP contribution in [0.2, 0.25) is 0 Å². The molecule has 0 radical (unpaired) electrons. The van der Waals surface area contributed by atoms with E-state index in [4.69, 9.17) is 5.73 Å². The third-order valence-corrected chi connectivity index (χ3v) is 3.20. The highest BCUT2D eigenvalue weighted by molar-refractivity contribution is 5.78. The third-order valence-electron chi connectivity index (χ3n) is 3.20. The summed E-state index contributed by atoms with van der Waals surface area (Å²) in [6, 6.07) is 0.837. The number of hydrogen-bond acceptors (Lipinski definition) is 3. The number of terminal acetylenes is 1. The number of rotatable bonds is 2. The molecule has 1 amide bonds. The normalized spacial score (nSPS) is 19.9. The van der Waals surface area contributed by atoms with E-state index in [0.29, 0.717) is 0 Å². The summed E-state index contributed by atoms with van der Waals surface area (Å²) in [5.74, 6) is -0.0706. The molecule has 1 saturated carbocycles. The molecule has 98 valence electrons. The minimum Gasteiger partial charge on any atom is -0.369 e. The van der Waals surface area contributed by atoms with Crippen molar-refractivity contribution in [3.8, 4) is 12.8 Å². The van der Waals surface area contributed by atoms with Gasteiger partial charge in [0.05, 0.1) is 5.92 Å². The van der Waals surface area contributed by atoms with Gasteiger partial charge in [-0.15, -0.1) is 12.8 Å². The first kappa shape index (κ1) is 16.0. The van der Waals surface area contributed by atoms with Crippen molar-refractivity contribution in [1.82, 2.24) is 10.6 Å². The highest BCUT2D eigenvalue weighted by Crippen LogP contribution is 2.16. The van der Waals surface area contributed by atoms with Crippen LogP contribution in [0.4, 0.5) is 0 Å². The molecule has 0 unspecified atom stereocenters. The average Bonchev–Trinajstić information content (AvgIpc) is 2.31. The van der Waals surface area contributed by atoms with Crippen molar-refractivity contribution in [1.29, 1.82) is 0 Å². The van der Waals surface area contributed by atoms with Crippen molar-refractivity contribution in [2.24, 2.45) is 11.7 Å². The molecule has 4 nitrogen and oxygen atoms in total. The Morgan fingerprint density at radius 1 is 1.24 bits per heavy atom. The van der Waals surface area contributed by atoms with Gasteiger partial charge < -0.3 is 16.4 Å². The van der Waals surface area contributed by atoms with Crippen LogP contribution >= 0.6 is 0 Å². The van der Waals surface area contributed by atoms with Crippen molar-refractivity contribution in [3.05, 3.63) is 0 Å². The fourth-order valence-electron chi connectivity index (χ4n) is 1.88. The number of carbonyl (C=O) groups excluding carboxylic acids is 1. The lowest BCUT2D eigenvalue weighted by Gasteiger charge is -2.22. The lowest BCUT2D eigenvalue weighted by Crippen LogP contribution is -2.49. The summed E-state index contributed by atoms with van der Waals surface area (Å²) in [6.07, 6.45) is 15.1. The second-order valence-corrected chi connectivity index (χ2v) is 4.38. The summed E-state index contributed by atoms with van der Waals surface area (Å²) in [4.78, 5) is 10.2. The van der Waals surface area contributed by atoms with E-state index in [1.807, 2.05) is 0 Å². The van der Waals surface area contributed by atoms with Crippen molar-refractivity contribution < 1.29 is 4.79 Å². The molecule has 0 spiro atoms. The molecular weight excluding hydrogens is 214 g/mol. The lowest BCUT2D eigenvalue weighted by atomic mass is 9.96. The number of nitrogens with two attached hydrogens (primary N) is 1. The zero-order chi connectivity index (χ0) is 13.1. The maximum absolute atomic E-state index is 10.2. The Kier molecular flexibility index (Phi) is 9.50. The molecule has 0 atom stereocenters. The van der Waals surface area contributed by atoms with Gasteiger partial charge in [0.25, 0.3) is 0 Å². The summed E-state index contributed by atoms with van der Waals surface area (Å²) in [6.45, 7) is 1.55. The molecule has 1 aliphatic carbocycles. The highest BCUT2D eigenvalue weighted by atomic mass is 16.1. The van der Waals surface area contributed by atoms with E-state index in [2.05, 4.69) is 30.5 Å². The Morgan fingerprint density at radius 2 is 1.76 bits per heavy atom. The van der Waals surface area contributed by atoms with Crippen LogP contribution in [-0.2, 0) is 4.79 Å². The molecule has 1 saturated heterocycles. The molecule has 4 N–H and O–H groups in total. The van der Waals surface area contributed by atoms with Crippen molar-refractivity contribution in [3.63, 3.8) is 0 Å². The van der Waals surface area contributed by atoms with Crippen LogP contribution in [0.3, 0.4) is 0 Å². The van der Waals surface area contributed by atoms with Crippen molar-refractivity contribution in [2.75, 3.05) is 20.1 Å². The summed E-state index contributed by atoms with van der Waals surface area (Å²) in [5, 5.41) is 6.25. The average molecular weight is 239 g/mol. The summed E-state index contributed by atoms with van der Waals surface area (Å²) < 4.78 is 0. The molecule has 1 aliphatic heterocycles. The molecule has 2 fully saturated rings. The van der Waals surface area contributed by atoms with E-state index in [1.165, 1.54) is 32.1 Å². The number of carbonyl (C=O) groups is 1. The predicted octanol–water partition coefficient (Wildman–Crippen LogP) is 0.479.